The van der Waals surface area contributed by atoms with Gasteiger partial charge in [0.15, 0.2) is 0 Å². The van der Waals surface area contributed by atoms with Crippen LogP contribution in [0.15, 0.2) is 24.3 Å². The van der Waals surface area contributed by atoms with Crippen LogP contribution in [0.2, 0.25) is 0 Å². The SMILES string of the molecule is Cc1nnsc1C(=O)N(C)c1ccc(N)cc1. The summed E-state index contributed by atoms with van der Waals surface area (Å²) in [6, 6.07) is 7.13. The quantitative estimate of drug-likeness (QED) is 0.821. The van der Waals surface area contributed by atoms with Gasteiger partial charge in [0.2, 0.25) is 0 Å². The summed E-state index contributed by atoms with van der Waals surface area (Å²) in [7, 11) is 1.72. The molecule has 1 aromatic carbocycles. The van der Waals surface area contributed by atoms with E-state index >= 15 is 0 Å². The molecule has 5 nitrogen and oxygen atoms in total. The van der Waals surface area contributed by atoms with Gasteiger partial charge in [-0.25, -0.2) is 0 Å². The number of nitrogens with two attached hydrogens (primary N) is 1. The molecule has 1 aromatic heterocycles. The molecule has 0 spiro atoms. The van der Waals surface area contributed by atoms with Gasteiger partial charge in [0.25, 0.3) is 5.91 Å². The van der Waals surface area contributed by atoms with Crippen LogP contribution in [0.3, 0.4) is 0 Å². The first-order chi connectivity index (χ1) is 8.09. The van der Waals surface area contributed by atoms with Crippen LogP contribution in [0.1, 0.15) is 15.4 Å². The third kappa shape index (κ3) is 2.26. The Morgan fingerprint density at radius 2 is 2.00 bits per heavy atom. The molecule has 0 aliphatic heterocycles. The van der Waals surface area contributed by atoms with E-state index in [0.29, 0.717) is 16.3 Å². The van der Waals surface area contributed by atoms with Gasteiger partial charge in [-0.2, -0.15) is 0 Å². The van der Waals surface area contributed by atoms with Crippen molar-refractivity contribution in [3.05, 3.63) is 34.8 Å². The van der Waals surface area contributed by atoms with Gasteiger partial charge >= 0.3 is 0 Å². The maximum Gasteiger partial charge on any atom is 0.271 e. The third-order valence-electron chi connectivity index (χ3n) is 2.43. The monoisotopic (exact) mass is 248 g/mol. The number of benzene rings is 1. The molecule has 0 unspecified atom stereocenters. The summed E-state index contributed by atoms with van der Waals surface area (Å²) in [5.41, 5.74) is 7.72. The van der Waals surface area contributed by atoms with E-state index in [1.54, 1.807) is 43.1 Å². The van der Waals surface area contributed by atoms with Crippen LogP contribution in [0.4, 0.5) is 11.4 Å². The summed E-state index contributed by atoms with van der Waals surface area (Å²) >= 11 is 1.11. The maximum atomic E-state index is 12.1. The Balaban J connectivity index is 2.26. The Labute approximate surface area is 103 Å². The lowest BCUT2D eigenvalue weighted by molar-refractivity contribution is 0.0996. The molecule has 17 heavy (non-hydrogen) atoms. The molecule has 2 aromatic rings. The van der Waals surface area contributed by atoms with Gasteiger partial charge in [-0.1, -0.05) is 4.49 Å². The first-order valence-corrected chi connectivity index (χ1v) is 5.79. The summed E-state index contributed by atoms with van der Waals surface area (Å²) in [4.78, 5) is 14.3. The Hall–Kier alpha value is -1.95. The Morgan fingerprint density at radius 1 is 1.35 bits per heavy atom. The van der Waals surface area contributed by atoms with Gasteiger partial charge in [-0.3, -0.25) is 4.79 Å². The van der Waals surface area contributed by atoms with Crippen molar-refractivity contribution in [2.24, 2.45) is 0 Å². The molecule has 0 atom stereocenters. The van der Waals surface area contributed by atoms with Crippen LogP contribution in [0.5, 0.6) is 0 Å². The van der Waals surface area contributed by atoms with Gasteiger partial charge in [0.05, 0.1) is 5.69 Å². The first-order valence-electron chi connectivity index (χ1n) is 5.02. The van der Waals surface area contributed by atoms with Gasteiger partial charge < -0.3 is 10.6 Å². The van der Waals surface area contributed by atoms with E-state index < -0.39 is 0 Å². The number of rotatable bonds is 2. The summed E-state index contributed by atoms with van der Waals surface area (Å²) in [5, 5.41) is 3.83. The summed E-state index contributed by atoms with van der Waals surface area (Å²) in [6.07, 6.45) is 0. The Morgan fingerprint density at radius 3 is 2.53 bits per heavy atom. The van der Waals surface area contributed by atoms with Crippen molar-refractivity contribution in [3.8, 4) is 0 Å². The number of anilines is 2. The van der Waals surface area contributed by atoms with Crippen LogP contribution in [-0.4, -0.2) is 22.5 Å². The lowest BCUT2D eigenvalue weighted by Crippen LogP contribution is -2.25. The maximum absolute atomic E-state index is 12.1. The van der Waals surface area contributed by atoms with E-state index in [1.165, 1.54) is 0 Å². The smallest absolute Gasteiger partial charge is 0.271 e. The topological polar surface area (TPSA) is 72.1 Å². The molecular weight excluding hydrogens is 236 g/mol. The molecule has 0 bridgehead atoms. The highest BCUT2D eigenvalue weighted by molar-refractivity contribution is 7.08. The zero-order valence-corrected chi connectivity index (χ0v) is 10.4. The lowest BCUT2D eigenvalue weighted by atomic mass is 10.2. The molecule has 2 rings (SSSR count). The predicted octanol–water partition coefficient (Wildman–Crippen LogP) is 1.71. The molecule has 1 heterocycles. The second kappa shape index (κ2) is 4.50. The molecule has 2 N–H and O–H groups in total. The molecule has 0 fully saturated rings. The van der Waals surface area contributed by atoms with Crippen LogP contribution < -0.4 is 10.6 Å². The predicted molar refractivity (Wildman–Crippen MR) is 68.2 cm³/mol. The van der Waals surface area contributed by atoms with E-state index in [9.17, 15) is 4.79 Å². The number of carbonyl (C=O) groups is 1. The second-order valence-electron chi connectivity index (χ2n) is 3.64. The minimum Gasteiger partial charge on any atom is -0.399 e. The fourth-order valence-corrected chi connectivity index (χ4v) is 2.03. The molecule has 88 valence electrons. The minimum absolute atomic E-state index is 0.109. The van der Waals surface area contributed by atoms with Crippen LogP contribution in [-0.2, 0) is 0 Å². The number of hydrogen-bond donors (Lipinski definition) is 1. The number of nitrogens with zero attached hydrogens (tertiary/aromatic N) is 3. The van der Waals surface area contributed by atoms with Crippen molar-refractivity contribution >= 4 is 28.8 Å². The molecule has 0 radical (unpaired) electrons. The molecule has 0 aliphatic carbocycles. The summed E-state index contributed by atoms with van der Waals surface area (Å²) in [5.74, 6) is -0.109. The average Bonchev–Trinajstić information content (AvgIpc) is 2.74. The third-order valence-corrected chi connectivity index (χ3v) is 3.25. The summed E-state index contributed by atoms with van der Waals surface area (Å²) < 4.78 is 3.76. The fraction of sp³-hybridized carbons (Fsp3) is 0.182. The molecule has 1 amide bonds. The highest BCUT2D eigenvalue weighted by atomic mass is 32.1. The van der Waals surface area contributed by atoms with Crippen LogP contribution in [0.25, 0.3) is 0 Å². The highest BCUT2D eigenvalue weighted by Crippen LogP contribution is 2.19. The van der Waals surface area contributed by atoms with Crippen molar-refractivity contribution in [3.63, 3.8) is 0 Å². The zero-order valence-electron chi connectivity index (χ0n) is 9.54. The van der Waals surface area contributed by atoms with Crippen molar-refractivity contribution in [1.82, 2.24) is 9.59 Å². The number of aryl methyl sites for hydroxylation is 1. The van der Waals surface area contributed by atoms with Gasteiger partial charge in [0.1, 0.15) is 4.88 Å². The molecule has 0 saturated heterocycles. The number of amides is 1. The van der Waals surface area contributed by atoms with Crippen molar-refractivity contribution < 1.29 is 4.79 Å². The van der Waals surface area contributed by atoms with Crippen LogP contribution >= 0.6 is 11.5 Å². The number of carbonyl (C=O) groups excluding carboxylic acids is 1. The highest BCUT2D eigenvalue weighted by Gasteiger charge is 2.18. The average molecular weight is 248 g/mol. The molecule has 0 saturated carbocycles. The number of aromatic nitrogens is 2. The van der Waals surface area contributed by atoms with E-state index in [2.05, 4.69) is 9.59 Å². The van der Waals surface area contributed by atoms with Crippen molar-refractivity contribution in [1.29, 1.82) is 0 Å². The standard InChI is InChI=1S/C11H12N4OS/c1-7-10(17-14-13-7)11(16)15(2)9-5-3-8(12)4-6-9/h3-6H,12H2,1-2H3. The van der Waals surface area contributed by atoms with Crippen molar-refractivity contribution in [2.45, 2.75) is 6.92 Å². The van der Waals surface area contributed by atoms with E-state index in [0.717, 1.165) is 17.2 Å². The first kappa shape index (κ1) is 11.5. The second-order valence-corrected chi connectivity index (χ2v) is 4.40. The lowest BCUT2D eigenvalue weighted by Gasteiger charge is -2.16. The van der Waals surface area contributed by atoms with Gasteiger partial charge in [0, 0.05) is 18.4 Å². The van der Waals surface area contributed by atoms with Crippen LogP contribution in [0, 0.1) is 6.92 Å². The number of nitrogen functional groups attached to an aromatic ring is 1. The molecule has 6 heteroatoms. The van der Waals surface area contributed by atoms with E-state index in [4.69, 9.17) is 5.73 Å². The normalized spacial score (nSPS) is 10.2. The molecular formula is C11H12N4OS. The van der Waals surface area contributed by atoms with Gasteiger partial charge in [-0.15, -0.1) is 5.10 Å². The Bertz CT molecular complexity index is 535. The van der Waals surface area contributed by atoms with E-state index in [1.807, 2.05) is 0 Å². The fourth-order valence-electron chi connectivity index (χ4n) is 1.40. The van der Waals surface area contributed by atoms with Gasteiger partial charge in [-0.05, 0) is 42.7 Å². The van der Waals surface area contributed by atoms with E-state index in [-0.39, 0.29) is 5.91 Å². The Kier molecular flexibility index (Phi) is 3.06. The zero-order chi connectivity index (χ0) is 12.4. The number of hydrogen-bond acceptors (Lipinski definition) is 5. The summed E-state index contributed by atoms with van der Waals surface area (Å²) in [6.45, 7) is 1.77. The molecule has 0 aliphatic rings. The van der Waals surface area contributed by atoms with Crippen molar-refractivity contribution in [2.75, 3.05) is 17.7 Å². The largest absolute Gasteiger partial charge is 0.399 e. The minimum atomic E-state index is -0.109.